The van der Waals surface area contributed by atoms with Crippen molar-refractivity contribution in [2.24, 2.45) is 0 Å². The summed E-state index contributed by atoms with van der Waals surface area (Å²) in [6.45, 7) is 5.86. The lowest BCUT2D eigenvalue weighted by Gasteiger charge is -2.06. The molecule has 0 amide bonds. The van der Waals surface area contributed by atoms with E-state index in [4.69, 9.17) is 0 Å². The van der Waals surface area contributed by atoms with Crippen LogP contribution in [0.25, 0.3) is 11.1 Å². The number of aryl methyl sites for hydroxylation is 1. The van der Waals surface area contributed by atoms with Gasteiger partial charge in [0.15, 0.2) is 0 Å². The number of aromatic nitrogens is 2. The first-order chi connectivity index (χ1) is 8.08. The van der Waals surface area contributed by atoms with Gasteiger partial charge in [-0.25, -0.2) is 14.4 Å². The SMILES string of the molecule is Cc1cc(-c2cnc(C(C)C)nc2)ccc1F. The third kappa shape index (κ3) is 2.49. The van der Waals surface area contributed by atoms with Crippen LogP contribution in [0.15, 0.2) is 30.6 Å². The molecule has 2 rings (SSSR count). The molecule has 3 heteroatoms. The highest BCUT2D eigenvalue weighted by Crippen LogP contribution is 2.21. The highest BCUT2D eigenvalue weighted by atomic mass is 19.1. The summed E-state index contributed by atoms with van der Waals surface area (Å²) >= 11 is 0. The van der Waals surface area contributed by atoms with Gasteiger partial charge in [0.1, 0.15) is 11.6 Å². The fraction of sp³-hybridized carbons (Fsp3) is 0.286. The van der Waals surface area contributed by atoms with Gasteiger partial charge in [-0.3, -0.25) is 0 Å². The summed E-state index contributed by atoms with van der Waals surface area (Å²) in [5.41, 5.74) is 2.49. The minimum Gasteiger partial charge on any atom is -0.240 e. The molecule has 0 fully saturated rings. The van der Waals surface area contributed by atoms with Crippen molar-refractivity contribution in [3.05, 3.63) is 47.8 Å². The first-order valence-corrected chi connectivity index (χ1v) is 5.66. The zero-order chi connectivity index (χ0) is 12.4. The van der Waals surface area contributed by atoms with E-state index in [0.29, 0.717) is 11.5 Å². The summed E-state index contributed by atoms with van der Waals surface area (Å²) in [6.07, 6.45) is 3.57. The molecule has 0 atom stereocenters. The standard InChI is InChI=1S/C14H15FN2/c1-9(2)14-16-7-12(8-17-14)11-4-5-13(15)10(3)6-11/h4-9H,1-3H3. The van der Waals surface area contributed by atoms with Crippen molar-refractivity contribution in [3.63, 3.8) is 0 Å². The van der Waals surface area contributed by atoms with Crippen LogP contribution >= 0.6 is 0 Å². The molecule has 2 aromatic rings. The molecule has 0 saturated heterocycles. The van der Waals surface area contributed by atoms with Crippen LogP contribution in [-0.4, -0.2) is 9.97 Å². The molecule has 0 aliphatic rings. The van der Waals surface area contributed by atoms with Crippen molar-refractivity contribution in [1.82, 2.24) is 9.97 Å². The van der Waals surface area contributed by atoms with Crippen molar-refractivity contribution in [2.45, 2.75) is 26.7 Å². The smallest absolute Gasteiger partial charge is 0.130 e. The maximum atomic E-state index is 13.2. The molecule has 0 spiro atoms. The summed E-state index contributed by atoms with van der Waals surface area (Å²) in [6, 6.07) is 5.03. The molecule has 2 nitrogen and oxygen atoms in total. The van der Waals surface area contributed by atoms with Crippen LogP contribution in [0.2, 0.25) is 0 Å². The van der Waals surface area contributed by atoms with Crippen LogP contribution in [0.5, 0.6) is 0 Å². The van der Waals surface area contributed by atoms with E-state index in [-0.39, 0.29) is 5.82 Å². The van der Waals surface area contributed by atoms with Gasteiger partial charge in [-0.05, 0) is 30.2 Å². The number of halogens is 1. The molecule has 88 valence electrons. The molecule has 0 saturated carbocycles. The van der Waals surface area contributed by atoms with Crippen LogP contribution in [0.4, 0.5) is 4.39 Å². The summed E-state index contributed by atoms with van der Waals surface area (Å²) in [7, 11) is 0. The second kappa shape index (κ2) is 4.62. The second-order valence-electron chi connectivity index (χ2n) is 4.45. The number of hydrogen-bond donors (Lipinski definition) is 0. The van der Waals surface area contributed by atoms with E-state index in [0.717, 1.165) is 17.0 Å². The molecule has 1 aromatic heterocycles. The number of hydrogen-bond acceptors (Lipinski definition) is 2. The molecule has 1 heterocycles. The predicted octanol–water partition coefficient (Wildman–Crippen LogP) is 3.71. The van der Waals surface area contributed by atoms with Crippen molar-refractivity contribution >= 4 is 0 Å². The summed E-state index contributed by atoms with van der Waals surface area (Å²) < 4.78 is 13.2. The third-order valence-corrected chi connectivity index (χ3v) is 2.68. The first kappa shape index (κ1) is 11.7. The van der Waals surface area contributed by atoms with Gasteiger partial charge in [-0.1, -0.05) is 19.9 Å². The molecule has 0 radical (unpaired) electrons. The van der Waals surface area contributed by atoms with Crippen molar-refractivity contribution in [1.29, 1.82) is 0 Å². The highest BCUT2D eigenvalue weighted by Gasteiger charge is 2.05. The Hall–Kier alpha value is -1.77. The molecule has 0 bridgehead atoms. The zero-order valence-corrected chi connectivity index (χ0v) is 10.2. The Morgan fingerprint density at radius 1 is 1.06 bits per heavy atom. The largest absolute Gasteiger partial charge is 0.240 e. The molecular weight excluding hydrogens is 215 g/mol. The van der Waals surface area contributed by atoms with Gasteiger partial charge in [-0.15, -0.1) is 0 Å². The number of benzene rings is 1. The molecule has 17 heavy (non-hydrogen) atoms. The summed E-state index contributed by atoms with van der Waals surface area (Å²) in [4.78, 5) is 8.60. The highest BCUT2D eigenvalue weighted by molar-refractivity contribution is 5.62. The van der Waals surface area contributed by atoms with Gasteiger partial charge in [0.25, 0.3) is 0 Å². The lowest BCUT2D eigenvalue weighted by atomic mass is 10.1. The van der Waals surface area contributed by atoms with Crippen molar-refractivity contribution in [3.8, 4) is 11.1 Å². The average molecular weight is 230 g/mol. The van der Waals surface area contributed by atoms with Crippen LogP contribution < -0.4 is 0 Å². The first-order valence-electron chi connectivity index (χ1n) is 5.66. The normalized spacial score (nSPS) is 10.9. The minimum atomic E-state index is -0.187. The molecule has 1 aromatic carbocycles. The molecule has 0 aliphatic carbocycles. The predicted molar refractivity (Wildman–Crippen MR) is 66.3 cm³/mol. The van der Waals surface area contributed by atoms with E-state index in [1.807, 2.05) is 6.07 Å². The summed E-state index contributed by atoms with van der Waals surface area (Å²) in [5, 5.41) is 0. The van der Waals surface area contributed by atoms with E-state index in [1.54, 1.807) is 25.4 Å². The van der Waals surface area contributed by atoms with Gasteiger partial charge >= 0.3 is 0 Å². The second-order valence-corrected chi connectivity index (χ2v) is 4.45. The van der Waals surface area contributed by atoms with E-state index in [9.17, 15) is 4.39 Å². The van der Waals surface area contributed by atoms with E-state index in [2.05, 4.69) is 23.8 Å². The lowest BCUT2D eigenvalue weighted by Crippen LogP contribution is -1.96. The fourth-order valence-corrected chi connectivity index (χ4v) is 1.61. The molecule has 0 N–H and O–H groups in total. The van der Waals surface area contributed by atoms with E-state index >= 15 is 0 Å². The van der Waals surface area contributed by atoms with Crippen LogP contribution in [0, 0.1) is 12.7 Å². The third-order valence-electron chi connectivity index (χ3n) is 2.68. The Bertz CT molecular complexity index is 518. The average Bonchev–Trinajstić information content (AvgIpc) is 2.33. The van der Waals surface area contributed by atoms with Gasteiger partial charge in [-0.2, -0.15) is 0 Å². The van der Waals surface area contributed by atoms with Gasteiger partial charge in [0.05, 0.1) is 0 Å². The zero-order valence-electron chi connectivity index (χ0n) is 10.2. The molecule has 0 aliphatic heterocycles. The Labute approximate surface area is 101 Å². The Morgan fingerprint density at radius 2 is 1.71 bits per heavy atom. The van der Waals surface area contributed by atoms with E-state index in [1.165, 1.54) is 6.07 Å². The van der Waals surface area contributed by atoms with Crippen LogP contribution in [0.3, 0.4) is 0 Å². The quantitative estimate of drug-likeness (QED) is 0.785. The minimum absolute atomic E-state index is 0.187. The Balaban J connectivity index is 2.36. The fourth-order valence-electron chi connectivity index (χ4n) is 1.61. The number of rotatable bonds is 2. The molecular formula is C14H15FN2. The molecule has 0 unspecified atom stereocenters. The van der Waals surface area contributed by atoms with Gasteiger partial charge in [0, 0.05) is 23.9 Å². The van der Waals surface area contributed by atoms with Gasteiger partial charge in [0.2, 0.25) is 0 Å². The van der Waals surface area contributed by atoms with E-state index < -0.39 is 0 Å². The maximum Gasteiger partial charge on any atom is 0.130 e. The summed E-state index contributed by atoms with van der Waals surface area (Å²) in [5.74, 6) is 0.958. The topological polar surface area (TPSA) is 25.8 Å². The number of nitrogens with zero attached hydrogens (tertiary/aromatic N) is 2. The van der Waals surface area contributed by atoms with Crippen molar-refractivity contribution < 1.29 is 4.39 Å². The monoisotopic (exact) mass is 230 g/mol. The van der Waals surface area contributed by atoms with Crippen LogP contribution in [-0.2, 0) is 0 Å². The Morgan fingerprint density at radius 3 is 2.24 bits per heavy atom. The Kier molecular flexibility index (Phi) is 3.18. The maximum absolute atomic E-state index is 13.2. The van der Waals surface area contributed by atoms with Crippen molar-refractivity contribution in [2.75, 3.05) is 0 Å². The van der Waals surface area contributed by atoms with Gasteiger partial charge < -0.3 is 0 Å². The van der Waals surface area contributed by atoms with Crippen LogP contribution in [0.1, 0.15) is 31.2 Å². The lowest BCUT2D eigenvalue weighted by molar-refractivity contribution is 0.619.